The van der Waals surface area contributed by atoms with Crippen LogP contribution in [0.3, 0.4) is 0 Å². The van der Waals surface area contributed by atoms with E-state index in [9.17, 15) is 18.0 Å². The molecule has 3 rings (SSSR count). The average Bonchev–Trinajstić information content (AvgIpc) is 2.56. The number of nitrogens with zero attached hydrogens (tertiary/aromatic N) is 1. The summed E-state index contributed by atoms with van der Waals surface area (Å²) in [6.07, 6.45) is 1.11. The van der Waals surface area contributed by atoms with Crippen LogP contribution in [0, 0.1) is 6.92 Å². The minimum Gasteiger partial charge on any atom is -0.274 e. The number of aryl methyl sites for hydroxylation is 1. The molecule has 134 valence electrons. The monoisotopic (exact) mass is 390 g/mol. The first-order valence-electron chi connectivity index (χ1n) is 7.60. The summed E-state index contributed by atoms with van der Waals surface area (Å²) in [4.78, 5) is 26.6. The van der Waals surface area contributed by atoms with Crippen LogP contribution in [0.15, 0.2) is 63.0 Å². The number of aromatic amines is 1. The molecular formula is C18H15ClN2O4S. The molecule has 0 saturated carbocycles. The fraction of sp³-hybridized carbons (Fsp3) is 0.111. The maximum atomic E-state index is 12.4. The van der Waals surface area contributed by atoms with Crippen molar-refractivity contribution < 1.29 is 8.42 Å². The average molecular weight is 391 g/mol. The van der Waals surface area contributed by atoms with Crippen LogP contribution in [0.2, 0.25) is 5.02 Å². The summed E-state index contributed by atoms with van der Waals surface area (Å²) in [6, 6.07) is 12.4. The van der Waals surface area contributed by atoms with E-state index in [0.29, 0.717) is 22.0 Å². The van der Waals surface area contributed by atoms with Gasteiger partial charge in [0.05, 0.1) is 16.3 Å². The van der Waals surface area contributed by atoms with Crippen LogP contribution in [-0.4, -0.2) is 24.2 Å². The lowest BCUT2D eigenvalue weighted by Crippen LogP contribution is -2.29. The number of sulfone groups is 1. The smallest absolute Gasteiger partial charge is 0.274 e. The number of hydrogen-bond donors (Lipinski definition) is 1. The molecule has 6 nitrogen and oxygen atoms in total. The fourth-order valence-corrected chi connectivity index (χ4v) is 3.36. The number of aromatic nitrogens is 2. The van der Waals surface area contributed by atoms with Crippen molar-refractivity contribution in [1.29, 1.82) is 0 Å². The topological polar surface area (TPSA) is 89.0 Å². The van der Waals surface area contributed by atoms with Gasteiger partial charge in [-0.1, -0.05) is 17.7 Å². The Labute approximate surface area is 154 Å². The van der Waals surface area contributed by atoms with E-state index in [1.807, 2.05) is 6.92 Å². The van der Waals surface area contributed by atoms with Gasteiger partial charge < -0.3 is 0 Å². The third-order valence-electron chi connectivity index (χ3n) is 3.92. The molecule has 1 heterocycles. The Morgan fingerprint density at radius 1 is 1.00 bits per heavy atom. The Hall–Kier alpha value is -2.64. The maximum Gasteiger partial charge on any atom is 0.333 e. The summed E-state index contributed by atoms with van der Waals surface area (Å²) < 4.78 is 24.6. The van der Waals surface area contributed by atoms with Crippen LogP contribution in [0.5, 0.6) is 0 Å². The fourth-order valence-electron chi connectivity index (χ4n) is 2.61. The largest absolute Gasteiger partial charge is 0.333 e. The first-order chi connectivity index (χ1) is 12.2. The zero-order valence-corrected chi connectivity index (χ0v) is 15.6. The Morgan fingerprint density at radius 2 is 1.65 bits per heavy atom. The SMILES string of the molecule is Cc1cc(-c2cc(=O)[nH]c(=O)n2-c2ccc(S(C)(=O)=O)cc2)ccc1Cl. The van der Waals surface area contributed by atoms with E-state index < -0.39 is 21.1 Å². The number of rotatable bonds is 3. The highest BCUT2D eigenvalue weighted by molar-refractivity contribution is 7.90. The van der Waals surface area contributed by atoms with Crippen LogP contribution in [0.4, 0.5) is 0 Å². The van der Waals surface area contributed by atoms with Crippen LogP contribution < -0.4 is 11.2 Å². The minimum atomic E-state index is -3.35. The predicted molar refractivity (Wildman–Crippen MR) is 101 cm³/mol. The van der Waals surface area contributed by atoms with Crippen LogP contribution in [-0.2, 0) is 9.84 Å². The highest BCUT2D eigenvalue weighted by Gasteiger charge is 2.13. The molecular weight excluding hydrogens is 376 g/mol. The number of nitrogens with one attached hydrogen (secondary N) is 1. The van der Waals surface area contributed by atoms with Gasteiger partial charge in [-0.15, -0.1) is 0 Å². The minimum absolute atomic E-state index is 0.141. The number of benzene rings is 2. The highest BCUT2D eigenvalue weighted by Crippen LogP contribution is 2.25. The Bertz CT molecular complexity index is 1210. The van der Waals surface area contributed by atoms with E-state index in [4.69, 9.17) is 11.6 Å². The molecule has 0 aliphatic heterocycles. The van der Waals surface area contributed by atoms with Crippen molar-refractivity contribution in [2.75, 3.05) is 6.26 Å². The molecule has 0 saturated heterocycles. The van der Waals surface area contributed by atoms with E-state index in [2.05, 4.69) is 4.98 Å². The number of halogens is 1. The molecule has 2 aromatic carbocycles. The molecule has 0 spiro atoms. The van der Waals surface area contributed by atoms with Gasteiger partial charge in [-0.3, -0.25) is 14.3 Å². The van der Waals surface area contributed by atoms with E-state index in [-0.39, 0.29) is 4.90 Å². The molecule has 0 atom stereocenters. The zero-order valence-electron chi connectivity index (χ0n) is 14.0. The molecule has 0 aliphatic carbocycles. The zero-order chi connectivity index (χ0) is 19.1. The molecule has 0 amide bonds. The van der Waals surface area contributed by atoms with Crippen molar-refractivity contribution >= 4 is 21.4 Å². The lowest BCUT2D eigenvalue weighted by Gasteiger charge is -2.13. The molecule has 1 aromatic heterocycles. The van der Waals surface area contributed by atoms with E-state index >= 15 is 0 Å². The van der Waals surface area contributed by atoms with E-state index in [1.54, 1.807) is 18.2 Å². The summed E-state index contributed by atoms with van der Waals surface area (Å²) in [6.45, 7) is 1.82. The standard InChI is InChI=1S/C18H15ClN2O4S/c1-11-9-12(3-8-15(11)19)16-10-17(22)20-18(23)21(16)13-4-6-14(7-5-13)26(2,24)25/h3-10H,1-2H3,(H,20,22,23). The molecule has 8 heteroatoms. The number of H-pyrrole nitrogens is 1. The quantitative estimate of drug-likeness (QED) is 0.744. The van der Waals surface area contributed by atoms with Crippen LogP contribution in [0.1, 0.15) is 5.56 Å². The van der Waals surface area contributed by atoms with Crippen molar-refractivity contribution in [1.82, 2.24) is 9.55 Å². The molecule has 0 unspecified atom stereocenters. The summed E-state index contributed by atoms with van der Waals surface area (Å²) in [5, 5.41) is 0.574. The molecule has 0 bridgehead atoms. The molecule has 1 N–H and O–H groups in total. The van der Waals surface area contributed by atoms with Gasteiger partial charge in [0, 0.05) is 17.3 Å². The first kappa shape index (κ1) is 18.2. The number of hydrogen-bond acceptors (Lipinski definition) is 4. The van der Waals surface area contributed by atoms with Gasteiger partial charge in [-0.25, -0.2) is 13.2 Å². The van der Waals surface area contributed by atoms with Crippen molar-refractivity contribution in [2.24, 2.45) is 0 Å². The Kier molecular flexibility index (Phi) is 4.60. The van der Waals surface area contributed by atoms with Crippen LogP contribution in [0.25, 0.3) is 16.9 Å². The lowest BCUT2D eigenvalue weighted by molar-refractivity contribution is 0.602. The van der Waals surface area contributed by atoms with Gasteiger partial charge in [-0.05, 0) is 54.4 Å². The predicted octanol–water partition coefficient (Wildman–Crippen LogP) is 2.56. The van der Waals surface area contributed by atoms with Crippen molar-refractivity contribution in [2.45, 2.75) is 11.8 Å². The van der Waals surface area contributed by atoms with Gasteiger partial charge in [0.25, 0.3) is 5.56 Å². The van der Waals surface area contributed by atoms with E-state index in [1.165, 1.54) is 34.9 Å². The third kappa shape index (κ3) is 3.49. The van der Waals surface area contributed by atoms with E-state index in [0.717, 1.165) is 11.8 Å². The molecule has 26 heavy (non-hydrogen) atoms. The third-order valence-corrected chi connectivity index (χ3v) is 5.47. The lowest BCUT2D eigenvalue weighted by atomic mass is 10.1. The van der Waals surface area contributed by atoms with Crippen molar-refractivity contribution in [3.63, 3.8) is 0 Å². The second-order valence-corrected chi connectivity index (χ2v) is 8.31. The summed E-state index contributed by atoms with van der Waals surface area (Å²) >= 11 is 6.05. The van der Waals surface area contributed by atoms with Gasteiger partial charge in [0.1, 0.15) is 0 Å². The normalized spacial score (nSPS) is 11.5. The van der Waals surface area contributed by atoms with Crippen LogP contribution >= 0.6 is 11.6 Å². The molecule has 3 aromatic rings. The van der Waals surface area contributed by atoms with Crippen molar-refractivity contribution in [3.05, 3.63) is 80.0 Å². The van der Waals surface area contributed by atoms with Gasteiger partial charge >= 0.3 is 5.69 Å². The van der Waals surface area contributed by atoms with Gasteiger partial charge in [0.15, 0.2) is 9.84 Å². The Balaban J connectivity index is 2.26. The first-order valence-corrected chi connectivity index (χ1v) is 9.87. The Morgan fingerprint density at radius 3 is 2.23 bits per heavy atom. The summed E-state index contributed by atoms with van der Waals surface area (Å²) in [5.41, 5.74) is 1.11. The van der Waals surface area contributed by atoms with Gasteiger partial charge in [-0.2, -0.15) is 0 Å². The highest BCUT2D eigenvalue weighted by atomic mass is 35.5. The second kappa shape index (κ2) is 6.59. The van der Waals surface area contributed by atoms with Gasteiger partial charge in [0.2, 0.25) is 0 Å². The summed E-state index contributed by atoms with van der Waals surface area (Å²) in [7, 11) is -3.35. The molecule has 0 aliphatic rings. The van der Waals surface area contributed by atoms with Crippen molar-refractivity contribution in [3.8, 4) is 16.9 Å². The summed E-state index contributed by atoms with van der Waals surface area (Å²) in [5.74, 6) is 0. The second-order valence-electron chi connectivity index (χ2n) is 5.89. The molecule has 0 fully saturated rings. The molecule has 0 radical (unpaired) electrons. The maximum absolute atomic E-state index is 12.4.